The molecular weight excluding hydrogens is 497 g/mol. The summed E-state index contributed by atoms with van der Waals surface area (Å²) >= 11 is 6.68. The minimum absolute atomic E-state index is 0.171. The lowest BCUT2D eigenvalue weighted by molar-refractivity contribution is -0.0571. The molecule has 2 aromatic carbocycles. The summed E-state index contributed by atoms with van der Waals surface area (Å²) in [5, 5.41) is 23.0. The van der Waals surface area contributed by atoms with Crippen LogP contribution in [-0.2, 0) is 10.3 Å². The van der Waals surface area contributed by atoms with Crippen LogP contribution < -0.4 is 5.73 Å². The highest BCUT2D eigenvalue weighted by Gasteiger charge is 2.44. The molecule has 2 fully saturated rings. The Morgan fingerprint density at radius 2 is 1.97 bits per heavy atom. The Morgan fingerprint density at radius 3 is 2.68 bits per heavy atom. The Hall–Kier alpha value is -2.23. The van der Waals surface area contributed by atoms with Gasteiger partial charge in [-0.25, -0.2) is 9.18 Å². The van der Waals surface area contributed by atoms with Crippen LogP contribution in [0.4, 0.5) is 9.18 Å². The van der Waals surface area contributed by atoms with Crippen molar-refractivity contribution in [2.45, 2.75) is 49.9 Å². The molecule has 2 heterocycles. The van der Waals surface area contributed by atoms with E-state index in [-0.39, 0.29) is 24.3 Å². The summed E-state index contributed by atoms with van der Waals surface area (Å²) < 4.78 is 19.4. The van der Waals surface area contributed by atoms with Crippen molar-refractivity contribution in [2.75, 3.05) is 39.9 Å². The van der Waals surface area contributed by atoms with Crippen molar-refractivity contribution < 1.29 is 24.1 Å². The van der Waals surface area contributed by atoms with Gasteiger partial charge >= 0.3 is 6.03 Å². The first-order chi connectivity index (χ1) is 17.7. The molecule has 0 radical (unpaired) electrons. The quantitative estimate of drug-likeness (QED) is 0.446. The van der Waals surface area contributed by atoms with E-state index < -0.39 is 17.7 Å². The average Bonchev–Trinajstić information content (AvgIpc) is 3.23. The number of urea groups is 1. The van der Waals surface area contributed by atoms with E-state index in [0.717, 1.165) is 19.3 Å². The minimum atomic E-state index is -1.31. The molecule has 9 heteroatoms. The molecule has 0 saturated carbocycles. The summed E-state index contributed by atoms with van der Waals surface area (Å²) in [7, 11) is 1.65. The Balaban J connectivity index is 1.68. The van der Waals surface area contributed by atoms with E-state index >= 15 is 0 Å². The molecule has 4 rings (SSSR count). The van der Waals surface area contributed by atoms with E-state index in [4.69, 9.17) is 22.1 Å². The number of likely N-dealkylation sites (tertiary alicyclic amines) is 2. The topological polar surface area (TPSA) is 99.3 Å². The second-order valence-corrected chi connectivity index (χ2v) is 10.7. The minimum Gasteiger partial charge on any atom is -0.390 e. The number of hydrogen-bond acceptors (Lipinski definition) is 5. The van der Waals surface area contributed by atoms with Crippen LogP contribution in [-0.4, -0.2) is 78.1 Å². The van der Waals surface area contributed by atoms with Gasteiger partial charge in [-0.2, -0.15) is 0 Å². The van der Waals surface area contributed by atoms with Gasteiger partial charge in [0.1, 0.15) is 5.82 Å². The summed E-state index contributed by atoms with van der Waals surface area (Å²) in [6.45, 7) is 2.02. The highest BCUT2D eigenvalue weighted by atomic mass is 35.5. The zero-order valence-corrected chi connectivity index (χ0v) is 22.0. The number of rotatable bonds is 8. The molecular formula is C28H37ClFN3O4. The zero-order chi connectivity index (χ0) is 26.6. The van der Waals surface area contributed by atoms with E-state index in [1.807, 2.05) is 6.07 Å². The number of aliphatic hydroxyl groups excluding tert-OH is 1. The third kappa shape index (κ3) is 6.10. The van der Waals surface area contributed by atoms with Crippen molar-refractivity contribution in [1.29, 1.82) is 0 Å². The molecule has 7 nitrogen and oxygen atoms in total. The van der Waals surface area contributed by atoms with Gasteiger partial charge in [0.25, 0.3) is 0 Å². The monoisotopic (exact) mass is 533 g/mol. The fourth-order valence-electron chi connectivity index (χ4n) is 5.73. The second-order valence-electron chi connectivity index (χ2n) is 10.3. The summed E-state index contributed by atoms with van der Waals surface area (Å²) in [4.78, 5) is 16.6. The van der Waals surface area contributed by atoms with Gasteiger partial charge in [0.05, 0.1) is 11.7 Å². The summed E-state index contributed by atoms with van der Waals surface area (Å²) in [5.74, 6) is -0.646. The van der Waals surface area contributed by atoms with E-state index in [0.29, 0.717) is 60.8 Å². The van der Waals surface area contributed by atoms with Gasteiger partial charge in [0.2, 0.25) is 0 Å². The fourth-order valence-corrected chi connectivity index (χ4v) is 6.01. The van der Waals surface area contributed by atoms with Crippen LogP contribution >= 0.6 is 11.6 Å². The van der Waals surface area contributed by atoms with Gasteiger partial charge in [-0.3, -0.25) is 0 Å². The van der Waals surface area contributed by atoms with Crippen LogP contribution in [0.25, 0.3) is 11.1 Å². The first-order valence-corrected chi connectivity index (χ1v) is 13.4. The molecule has 0 bridgehead atoms. The maximum absolute atomic E-state index is 14.2. The normalized spacial score (nSPS) is 23.8. The van der Waals surface area contributed by atoms with E-state index in [2.05, 4.69) is 0 Å². The Bertz CT molecular complexity index is 1080. The number of carbonyl (C=O) groups is 1. The van der Waals surface area contributed by atoms with E-state index in [9.17, 15) is 19.4 Å². The van der Waals surface area contributed by atoms with Crippen LogP contribution in [0.3, 0.4) is 0 Å². The zero-order valence-electron chi connectivity index (χ0n) is 21.3. The number of β-amino-alcohol motifs (C(OH)–C–C–N with tert-alkyl or cyclic N) is 1. The molecule has 2 aromatic rings. The second kappa shape index (κ2) is 12.1. The number of piperidine rings is 1. The Morgan fingerprint density at radius 1 is 1.19 bits per heavy atom. The van der Waals surface area contributed by atoms with E-state index in [1.165, 1.54) is 12.1 Å². The lowest BCUT2D eigenvalue weighted by atomic mass is 9.72. The number of aliphatic hydroxyl groups is 2. The van der Waals surface area contributed by atoms with Gasteiger partial charge in [-0.1, -0.05) is 35.9 Å². The molecule has 37 heavy (non-hydrogen) atoms. The first-order valence-electron chi connectivity index (χ1n) is 13.0. The number of nitrogens with two attached hydrogens (primary N) is 1. The van der Waals surface area contributed by atoms with Crippen LogP contribution in [0.15, 0.2) is 42.5 Å². The summed E-state index contributed by atoms with van der Waals surface area (Å²) in [6.07, 6.45) is 2.64. The molecule has 2 aliphatic rings. The Labute approximate surface area is 223 Å². The van der Waals surface area contributed by atoms with Crippen LogP contribution in [0.5, 0.6) is 0 Å². The molecule has 0 aromatic heterocycles. The number of nitrogens with zero attached hydrogens (tertiary/aromatic N) is 2. The molecule has 202 valence electrons. The Kier molecular flexibility index (Phi) is 9.08. The van der Waals surface area contributed by atoms with Crippen molar-refractivity contribution in [3.05, 3.63) is 58.9 Å². The van der Waals surface area contributed by atoms with Gasteiger partial charge < -0.3 is 30.5 Å². The molecule has 2 aliphatic heterocycles. The van der Waals surface area contributed by atoms with Gasteiger partial charge in [-0.15, -0.1) is 0 Å². The molecule has 1 unspecified atom stereocenters. The lowest BCUT2D eigenvalue weighted by Gasteiger charge is -2.44. The molecule has 4 atom stereocenters. The molecule has 2 saturated heterocycles. The SMILES string of the molecule is COCCCC[C@@](O)(c1cccc(Cl)c1-c1cccc(F)c1)C1CCCN(C(=O)N2C[C@@H](N)[C@@H](O)C2)C1. The van der Waals surface area contributed by atoms with Crippen molar-refractivity contribution in [3.63, 3.8) is 0 Å². The number of methoxy groups -OCH3 is 1. The molecule has 0 aliphatic carbocycles. The van der Waals surface area contributed by atoms with Crippen molar-refractivity contribution in [1.82, 2.24) is 9.80 Å². The molecule has 0 spiro atoms. The number of hydrogen-bond donors (Lipinski definition) is 3. The average molecular weight is 534 g/mol. The van der Waals surface area contributed by atoms with Crippen molar-refractivity contribution in [2.24, 2.45) is 11.7 Å². The van der Waals surface area contributed by atoms with Crippen molar-refractivity contribution in [3.8, 4) is 11.1 Å². The third-order valence-corrected chi connectivity index (χ3v) is 8.04. The summed E-state index contributed by atoms with van der Waals surface area (Å²) in [5.41, 5.74) is 6.47. The van der Waals surface area contributed by atoms with Crippen molar-refractivity contribution >= 4 is 17.6 Å². The first kappa shape index (κ1) is 27.8. The maximum atomic E-state index is 14.2. The number of ether oxygens (including phenoxy) is 1. The highest BCUT2D eigenvalue weighted by molar-refractivity contribution is 6.33. The highest BCUT2D eigenvalue weighted by Crippen LogP contribution is 2.46. The summed E-state index contributed by atoms with van der Waals surface area (Å²) in [6, 6.07) is 11.0. The standard InChI is InChI=1S/C28H37ClFN3O4/c1-37-14-3-2-12-28(36,22-10-5-11-23(29)26(22)19-7-4-9-21(30)15-19)20-8-6-13-32(16-20)27(35)33-17-24(31)25(34)18-33/h4-5,7,9-11,15,20,24-25,34,36H,2-3,6,8,12-14,16-18,31H2,1H3/t20?,24-,25+,28+/m1/s1. The van der Waals surface area contributed by atoms with Crippen LogP contribution in [0.2, 0.25) is 5.02 Å². The number of amides is 2. The van der Waals surface area contributed by atoms with E-state index in [1.54, 1.807) is 41.2 Å². The smallest absolute Gasteiger partial charge is 0.320 e. The van der Waals surface area contributed by atoms with Crippen LogP contribution in [0, 0.1) is 11.7 Å². The fraction of sp³-hybridized carbons (Fsp3) is 0.536. The largest absolute Gasteiger partial charge is 0.390 e. The molecule has 4 N–H and O–H groups in total. The lowest BCUT2D eigenvalue weighted by Crippen LogP contribution is -2.52. The predicted octanol–water partition coefficient (Wildman–Crippen LogP) is 3.99. The molecule has 2 amide bonds. The van der Waals surface area contributed by atoms with Gasteiger partial charge in [0.15, 0.2) is 0 Å². The maximum Gasteiger partial charge on any atom is 0.320 e. The number of benzene rings is 2. The predicted molar refractivity (Wildman–Crippen MR) is 142 cm³/mol. The third-order valence-electron chi connectivity index (χ3n) is 7.72. The number of unbranched alkanes of at least 4 members (excludes halogenated alkanes) is 1. The van der Waals surface area contributed by atoms with Crippen LogP contribution in [0.1, 0.15) is 37.7 Å². The van der Waals surface area contributed by atoms with Gasteiger partial charge in [-0.05, 0) is 61.4 Å². The number of carbonyl (C=O) groups excluding carboxylic acids is 1. The van der Waals surface area contributed by atoms with Gasteiger partial charge in [0, 0.05) is 62.4 Å². The number of halogens is 2.